The smallest absolute Gasteiger partial charge is 0.133 e. The Morgan fingerprint density at radius 1 is 0.917 bits per heavy atom. The van der Waals surface area contributed by atoms with Crippen LogP contribution in [-0.4, -0.2) is 14.2 Å². The summed E-state index contributed by atoms with van der Waals surface area (Å²) in [6.45, 7) is 8.15. The summed E-state index contributed by atoms with van der Waals surface area (Å²) in [6.07, 6.45) is 0.622. The SMILES string of the molecule is COc1ccc(CC(C)c2c(C)cccc2OC)c(F)c1C(C)C. The molecule has 0 saturated heterocycles. The summed E-state index contributed by atoms with van der Waals surface area (Å²) in [5.41, 5.74) is 3.68. The van der Waals surface area contributed by atoms with Gasteiger partial charge in [0.05, 0.1) is 14.2 Å². The van der Waals surface area contributed by atoms with E-state index in [2.05, 4.69) is 19.9 Å². The fourth-order valence-electron chi connectivity index (χ4n) is 3.39. The van der Waals surface area contributed by atoms with Crippen LogP contribution in [0.1, 0.15) is 54.9 Å². The normalized spacial score (nSPS) is 12.3. The number of benzene rings is 2. The van der Waals surface area contributed by atoms with Crippen molar-refractivity contribution in [1.29, 1.82) is 0 Å². The average molecular weight is 330 g/mol. The highest BCUT2D eigenvalue weighted by Crippen LogP contribution is 2.35. The van der Waals surface area contributed by atoms with Crippen molar-refractivity contribution in [2.45, 2.75) is 46.0 Å². The Morgan fingerprint density at radius 2 is 1.54 bits per heavy atom. The fourth-order valence-corrected chi connectivity index (χ4v) is 3.39. The van der Waals surface area contributed by atoms with Crippen LogP contribution in [0.4, 0.5) is 4.39 Å². The molecule has 0 fully saturated rings. The molecule has 1 atom stereocenters. The van der Waals surface area contributed by atoms with E-state index >= 15 is 4.39 Å². The van der Waals surface area contributed by atoms with Gasteiger partial charge in [0, 0.05) is 11.1 Å². The summed E-state index contributed by atoms with van der Waals surface area (Å²) in [5.74, 6) is 1.56. The number of methoxy groups -OCH3 is 2. The minimum absolute atomic E-state index is 0.0724. The first kappa shape index (κ1) is 18.3. The molecule has 0 aliphatic carbocycles. The number of hydrogen-bond donors (Lipinski definition) is 0. The van der Waals surface area contributed by atoms with Crippen LogP contribution in [0, 0.1) is 12.7 Å². The minimum Gasteiger partial charge on any atom is -0.496 e. The lowest BCUT2D eigenvalue weighted by atomic mass is 9.88. The van der Waals surface area contributed by atoms with E-state index in [-0.39, 0.29) is 17.7 Å². The first-order valence-electron chi connectivity index (χ1n) is 8.39. The van der Waals surface area contributed by atoms with Crippen molar-refractivity contribution >= 4 is 0 Å². The molecule has 0 radical (unpaired) electrons. The van der Waals surface area contributed by atoms with Crippen LogP contribution < -0.4 is 9.47 Å². The fraction of sp³-hybridized carbons (Fsp3) is 0.429. The molecule has 24 heavy (non-hydrogen) atoms. The number of aryl methyl sites for hydroxylation is 1. The topological polar surface area (TPSA) is 18.5 Å². The Hall–Kier alpha value is -2.03. The lowest BCUT2D eigenvalue weighted by Gasteiger charge is -2.20. The van der Waals surface area contributed by atoms with Gasteiger partial charge in [-0.15, -0.1) is 0 Å². The van der Waals surface area contributed by atoms with Gasteiger partial charge in [-0.3, -0.25) is 0 Å². The maximum Gasteiger partial charge on any atom is 0.133 e. The van der Waals surface area contributed by atoms with Gasteiger partial charge in [0.2, 0.25) is 0 Å². The quantitative estimate of drug-likeness (QED) is 0.684. The van der Waals surface area contributed by atoms with Crippen LogP contribution in [0.25, 0.3) is 0 Å². The zero-order valence-electron chi connectivity index (χ0n) is 15.4. The standard InChI is InChI=1S/C21H27FO2/c1-13(2)19-18(24-6)11-10-16(21(19)22)12-15(4)20-14(3)8-7-9-17(20)23-5/h7-11,13,15H,12H2,1-6H3. The van der Waals surface area contributed by atoms with Gasteiger partial charge in [0.25, 0.3) is 0 Å². The monoisotopic (exact) mass is 330 g/mol. The molecule has 3 heteroatoms. The van der Waals surface area contributed by atoms with E-state index in [0.29, 0.717) is 17.7 Å². The lowest BCUT2D eigenvalue weighted by molar-refractivity contribution is 0.399. The molecule has 0 amide bonds. The first-order valence-corrected chi connectivity index (χ1v) is 8.39. The maximum atomic E-state index is 15.0. The summed E-state index contributed by atoms with van der Waals surface area (Å²) in [6, 6.07) is 9.72. The van der Waals surface area contributed by atoms with Gasteiger partial charge in [-0.25, -0.2) is 4.39 Å². The van der Waals surface area contributed by atoms with E-state index in [4.69, 9.17) is 9.47 Å². The summed E-state index contributed by atoms with van der Waals surface area (Å²) in [5, 5.41) is 0. The van der Waals surface area contributed by atoms with Crippen molar-refractivity contribution in [2.75, 3.05) is 14.2 Å². The Kier molecular flexibility index (Phi) is 5.87. The second-order valence-corrected chi connectivity index (χ2v) is 6.61. The Labute approximate surface area is 144 Å². The molecule has 0 bridgehead atoms. The van der Waals surface area contributed by atoms with Gasteiger partial charge in [-0.2, -0.15) is 0 Å². The van der Waals surface area contributed by atoms with Gasteiger partial charge >= 0.3 is 0 Å². The molecule has 0 saturated carbocycles. The van der Waals surface area contributed by atoms with Gasteiger partial charge in [0.1, 0.15) is 17.3 Å². The van der Waals surface area contributed by atoms with Crippen molar-refractivity contribution in [3.8, 4) is 11.5 Å². The summed E-state index contributed by atoms with van der Waals surface area (Å²) >= 11 is 0. The van der Waals surface area contributed by atoms with E-state index in [9.17, 15) is 0 Å². The molecule has 2 rings (SSSR count). The molecule has 2 aromatic rings. The Balaban J connectivity index is 2.40. The molecule has 0 heterocycles. The van der Waals surface area contributed by atoms with E-state index in [0.717, 1.165) is 16.9 Å². The van der Waals surface area contributed by atoms with Crippen LogP contribution in [0.15, 0.2) is 30.3 Å². The molecular formula is C21H27FO2. The first-order chi connectivity index (χ1) is 11.4. The van der Waals surface area contributed by atoms with E-state index in [1.54, 1.807) is 14.2 Å². The van der Waals surface area contributed by atoms with Crippen molar-refractivity contribution < 1.29 is 13.9 Å². The third-order valence-electron chi connectivity index (χ3n) is 4.54. The molecule has 0 aliphatic rings. The van der Waals surface area contributed by atoms with Crippen LogP contribution in [-0.2, 0) is 6.42 Å². The number of hydrogen-bond acceptors (Lipinski definition) is 2. The predicted molar refractivity (Wildman–Crippen MR) is 96.9 cm³/mol. The molecule has 0 aliphatic heterocycles. The van der Waals surface area contributed by atoms with E-state index < -0.39 is 0 Å². The highest BCUT2D eigenvalue weighted by atomic mass is 19.1. The minimum atomic E-state index is -0.149. The molecule has 0 N–H and O–H groups in total. The second-order valence-electron chi connectivity index (χ2n) is 6.61. The van der Waals surface area contributed by atoms with Crippen LogP contribution in [0.3, 0.4) is 0 Å². The number of rotatable bonds is 6. The molecule has 0 spiro atoms. The van der Waals surface area contributed by atoms with Crippen molar-refractivity contribution in [2.24, 2.45) is 0 Å². The van der Waals surface area contributed by atoms with E-state index in [1.165, 1.54) is 5.56 Å². The zero-order chi connectivity index (χ0) is 17.9. The van der Waals surface area contributed by atoms with E-state index in [1.807, 2.05) is 38.1 Å². The number of halogens is 1. The van der Waals surface area contributed by atoms with Crippen LogP contribution >= 0.6 is 0 Å². The Bertz CT molecular complexity index is 707. The van der Waals surface area contributed by atoms with Gasteiger partial charge in [-0.1, -0.05) is 39.0 Å². The van der Waals surface area contributed by atoms with Gasteiger partial charge in [0.15, 0.2) is 0 Å². The molecule has 2 nitrogen and oxygen atoms in total. The zero-order valence-corrected chi connectivity index (χ0v) is 15.4. The molecule has 1 unspecified atom stereocenters. The van der Waals surface area contributed by atoms with Crippen molar-refractivity contribution in [1.82, 2.24) is 0 Å². The van der Waals surface area contributed by atoms with Crippen LogP contribution in [0.2, 0.25) is 0 Å². The highest BCUT2D eigenvalue weighted by Gasteiger charge is 2.21. The summed E-state index contributed by atoms with van der Waals surface area (Å²) in [7, 11) is 3.26. The van der Waals surface area contributed by atoms with Crippen LogP contribution in [0.5, 0.6) is 11.5 Å². The lowest BCUT2D eigenvalue weighted by Crippen LogP contribution is -2.08. The Morgan fingerprint density at radius 3 is 2.12 bits per heavy atom. The third-order valence-corrected chi connectivity index (χ3v) is 4.54. The second kappa shape index (κ2) is 7.69. The third kappa shape index (κ3) is 3.55. The maximum absolute atomic E-state index is 15.0. The highest BCUT2D eigenvalue weighted by molar-refractivity contribution is 5.45. The molecule has 0 aromatic heterocycles. The molecular weight excluding hydrogens is 303 g/mol. The summed E-state index contributed by atoms with van der Waals surface area (Å²) in [4.78, 5) is 0. The van der Waals surface area contributed by atoms with Gasteiger partial charge in [-0.05, 0) is 48.4 Å². The molecule has 2 aromatic carbocycles. The predicted octanol–water partition coefficient (Wildman–Crippen LogP) is 5.62. The summed E-state index contributed by atoms with van der Waals surface area (Å²) < 4.78 is 25.8. The van der Waals surface area contributed by atoms with Crippen molar-refractivity contribution in [3.63, 3.8) is 0 Å². The average Bonchev–Trinajstić information content (AvgIpc) is 2.55. The number of ether oxygens (including phenoxy) is 2. The molecule has 130 valence electrons. The van der Waals surface area contributed by atoms with Crippen molar-refractivity contribution in [3.05, 3.63) is 58.4 Å². The van der Waals surface area contributed by atoms with Gasteiger partial charge < -0.3 is 9.47 Å². The largest absolute Gasteiger partial charge is 0.496 e.